The molecule has 8 heteroatoms. The second kappa shape index (κ2) is 11.6. The lowest BCUT2D eigenvalue weighted by molar-refractivity contribution is -0.156. The molecule has 0 unspecified atom stereocenters. The van der Waals surface area contributed by atoms with E-state index >= 15 is 0 Å². The highest BCUT2D eigenvalue weighted by Gasteiger charge is 2.55. The molecule has 41 heavy (non-hydrogen) atoms. The summed E-state index contributed by atoms with van der Waals surface area (Å²) in [4.78, 5) is 42.1. The Balaban J connectivity index is 1.82. The first-order valence-electron chi connectivity index (χ1n) is 13.3. The van der Waals surface area contributed by atoms with Crippen molar-refractivity contribution in [2.75, 3.05) is 5.73 Å². The minimum Gasteiger partial charge on any atom is -0.477 e. The van der Waals surface area contributed by atoms with E-state index in [1.807, 2.05) is 91.0 Å². The second-order valence-corrected chi connectivity index (χ2v) is 13.4. The Morgan fingerprint density at radius 2 is 1.32 bits per heavy atom. The molecule has 0 bridgehead atoms. The summed E-state index contributed by atoms with van der Waals surface area (Å²) in [6, 6.07) is 33.7. The number of ketones is 1. The zero-order valence-electron chi connectivity index (χ0n) is 22.5. The normalized spacial score (nSPS) is 17.4. The number of carboxylic acid groups (broad SMARTS) is 1. The van der Waals surface area contributed by atoms with Crippen LogP contribution in [0.1, 0.15) is 23.7 Å². The molecule has 4 aromatic rings. The van der Waals surface area contributed by atoms with Crippen LogP contribution in [0.25, 0.3) is 0 Å². The van der Waals surface area contributed by atoms with Crippen LogP contribution in [0.5, 0.6) is 0 Å². The summed E-state index contributed by atoms with van der Waals surface area (Å²) in [5.41, 5.74) is 6.60. The summed E-state index contributed by atoms with van der Waals surface area (Å²) < 4.78 is 0. The maximum atomic E-state index is 13.8. The van der Waals surface area contributed by atoms with Crippen LogP contribution in [-0.4, -0.2) is 50.3 Å². The average Bonchev–Trinajstić information content (AvgIpc) is 2.98. The Morgan fingerprint density at radius 3 is 1.73 bits per heavy atom. The maximum absolute atomic E-state index is 13.8. The number of nitrogen functional groups attached to an aromatic ring is 1. The van der Waals surface area contributed by atoms with Gasteiger partial charge < -0.3 is 20.8 Å². The molecule has 5 rings (SSSR count). The molecule has 0 aromatic heterocycles. The predicted molar refractivity (Wildman–Crippen MR) is 163 cm³/mol. The number of Topliss-reactive ketones (excluding diaryl/α,β-unsaturated/α-hetero) is 1. The number of aliphatic hydroxyl groups excluding tert-OH is 1. The zero-order chi connectivity index (χ0) is 29.1. The number of carboxylic acids is 1. The minimum atomic E-state index is -3.19. The van der Waals surface area contributed by atoms with Crippen LogP contribution < -0.4 is 21.6 Å². The van der Waals surface area contributed by atoms with Crippen LogP contribution in [0.2, 0.25) is 0 Å². The summed E-state index contributed by atoms with van der Waals surface area (Å²) >= 11 is 0. The Morgan fingerprint density at radius 1 is 0.829 bits per heavy atom. The Kier molecular flexibility index (Phi) is 7.93. The quantitative estimate of drug-likeness (QED) is 0.124. The van der Waals surface area contributed by atoms with Gasteiger partial charge in [-0.25, -0.2) is 4.79 Å². The van der Waals surface area contributed by atoms with Crippen molar-refractivity contribution in [3.8, 4) is 0 Å². The van der Waals surface area contributed by atoms with Gasteiger partial charge in [0.1, 0.15) is 5.42 Å². The molecule has 1 saturated heterocycles. The van der Waals surface area contributed by atoms with Gasteiger partial charge in [-0.1, -0.05) is 103 Å². The molecule has 7 nitrogen and oxygen atoms in total. The number of nitrogens with two attached hydrogens (primary N) is 1. The summed E-state index contributed by atoms with van der Waals surface area (Å²) in [7, 11) is 0. The summed E-state index contributed by atoms with van der Waals surface area (Å²) in [5.74, 6) is -3.00. The maximum Gasteiger partial charge on any atom is 0.353 e. The van der Waals surface area contributed by atoms with Crippen molar-refractivity contribution in [1.82, 2.24) is 4.90 Å². The van der Waals surface area contributed by atoms with Crippen LogP contribution >= 0.6 is 6.89 Å². The number of aliphatic carboxylic acids is 1. The summed E-state index contributed by atoms with van der Waals surface area (Å²) in [6.45, 7) is -1.69. The molecule has 0 aliphatic carbocycles. The lowest BCUT2D eigenvalue weighted by atomic mass is 9.79. The number of rotatable bonds is 9. The van der Waals surface area contributed by atoms with E-state index in [1.165, 1.54) is 11.8 Å². The standard InChI is InChI=1S/C33H31N2O5P/c1-22(36)30-28(21-29(37)23-12-11-13-24(34)20-23)35(31(30)38)32(33(39)40)41(25-14-5-2-6-15-25,26-16-7-3-8-17-26)27-18-9-4-10-19-27/h2-20,22,28,30,36H,21,34H2,1H3,(H,39,40)/t22-,28-,30-/m1/s1. The van der Waals surface area contributed by atoms with Gasteiger partial charge in [0.2, 0.25) is 5.91 Å². The molecule has 0 spiro atoms. The van der Waals surface area contributed by atoms with Crippen molar-refractivity contribution in [1.29, 1.82) is 0 Å². The molecule has 0 radical (unpaired) electrons. The van der Waals surface area contributed by atoms with E-state index in [2.05, 4.69) is 0 Å². The predicted octanol–water partition coefficient (Wildman–Crippen LogP) is 3.26. The van der Waals surface area contributed by atoms with E-state index in [0.717, 1.165) is 15.9 Å². The van der Waals surface area contributed by atoms with Gasteiger partial charge in [0, 0.05) is 24.6 Å². The Bertz CT molecular complexity index is 1530. The third-order valence-electron chi connectivity index (χ3n) is 7.56. The number of anilines is 1. The van der Waals surface area contributed by atoms with Crippen LogP contribution in [0.15, 0.2) is 115 Å². The fraction of sp³-hybridized carbons (Fsp3) is 0.152. The van der Waals surface area contributed by atoms with Crippen LogP contribution in [0.3, 0.4) is 0 Å². The number of hydrogen-bond donors (Lipinski definition) is 3. The number of benzene rings is 4. The molecule has 1 heterocycles. The van der Waals surface area contributed by atoms with Crippen LogP contribution in [0.4, 0.5) is 5.69 Å². The Labute approximate surface area is 238 Å². The lowest BCUT2D eigenvalue weighted by Gasteiger charge is -2.50. The summed E-state index contributed by atoms with van der Waals surface area (Å²) in [6.07, 6.45) is -1.25. The number of nitrogens with zero attached hydrogens (tertiary/aromatic N) is 1. The Hall–Kier alpha value is -4.45. The van der Waals surface area contributed by atoms with E-state index in [0.29, 0.717) is 11.3 Å². The number of hydrogen-bond acceptors (Lipinski definition) is 5. The van der Waals surface area contributed by atoms with Gasteiger partial charge in [0.15, 0.2) is 5.78 Å². The molecule has 4 aromatic carbocycles. The van der Waals surface area contributed by atoms with Gasteiger partial charge in [0.05, 0.1) is 18.1 Å². The van der Waals surface area contributed by atoms with E-state index in [1.54, 1.807) is 24.3 Å². The monoisotopic (exact) mass is 566 g/mol. The number of aliphatic hydroxyl groups is 1. The molecular weight excluding hydrogens is 535 g/mol. The van der Waals surface area contributed by atoms with Crippen molar-refractivity contribution < 1.29 is 24.6 Å². The molecular formula is C33H31N2O5P. The third kappa shape index (κ3) is 4.99. The fourth-order valence-electron chi connectivity index (χ4n) is 5.77. The van der Waals surface area contributed by atoms with Gasteiger partial charge in [-0.2, -0.15) is 0 Å². The highest BCUT2D eigenvalue weighted by molar-refractivity contribution is 7.96. The molecule has 1 aliphatic rings. The van der Waals surface area contributed by atoms with Gasteiger partial charge >= 0.3 is 5.97 Å². The molecule has 208 valence electrons. The van der Waals surface area contributed by atoms with Crippen molar-refractivity contribution in [3.63, 3.8) is 0 Å². The topological polar surface area (TPSA) is 121 Å². The molecule has 4 N–H and O–H groups in total. The molecule has 0 saturated carbocycles. The smallest absolute Gasteiger partial charge is 0.353 e. The van der Waals surface area contributed by atoms with Crippen molar-refractivity contribution in [2.24, 2.45) is 5.92 Å². The lowest BCUT2D eigenvalue weighted by Crippen LogP contribution is -2.68. The van der Waals surface area contributed by atoms with E-state index in [9.17, 15) is 24.6 Å². The van der Waals surface area contributed by atoms with E-state index < -0.39 is 36.8 Å². The van der Waals surface area contributed by atoms with Crippen molar-refractivity contribution in [3.05, 3.63) is 121 Å². The zero-order valence-corrected chi connectivity index (χ0v) is 23.4. The van der Waals surface area contributed by atoms with Crippen molar-refractivity contribution in [2.45, 2.75) is 25.5 Å². The molecule has 3 atom stereocenters. The molecule has 1 fully saturated rings. The molecule has 1 aliphatic heterocycles. The van der Waals surface area contributed by atoms with Gasteiger partial charge in [-0.05, 0) is 35.0 Å². The number of carbonyl (C=O) groups is 3. The fourth-order valence-corrected chi connectivity index (χ4v) is 10.1. The van der Waals surface area contributed by atoms with Gasteiger partial charge in [-0.15, -0.1) is 0 Å². The van der Waals surface area contributed by atoms with Crippen LogP contribution in [0, 0.1) is 5.92 Å². The number of β-lactam (4-membered cyclic amide) rings is 1. The summed E-state index contributed by atoms with van der Waals surface area (Å²) in [5, 5.41) is 23.9. The average molecular weight is 567 g/mol. The SMILES string of the molecule is C[C@@H](O)[C@H]1C(=O)N(C(C(=O)O)=P(c2ccccc2)(c2ccccc2)c2ccccc2)[C@@H]1CC(=O)c1cccc(N)c1. The highest BCUT2D eigenvalue weighted by atomic mass is 31.2. The largest absolute Gasteiger partial charge is 0.477 e. The number of amides is 1. The van der Waals surface area contributed by atoms with E-state index in [-0.39, 0.29) is 17.6 Å². The van der Waals surface area contributed by atoms with Gasteiger partial charge in [-0.3, -0.25) is 9.59 Å². The third-order valence-corrected chi connectivity index (χ3v) is 11.8. The van der Waals surface area contributed by atoms with Crippen molar-refractivity contribution >= 4 is 51.6 Å². The second-order valence-electron chi connectivity index (χ2n) is 10.1. The number of carbonyl (C=O) groups excluding carboxylic acids is 2. The van der Waals surface area contributed by atoms with E-state index in [4.69, 9.17) is 5.73 Å². The first kappa shape index (κ1) is 28.1. The van der Waals surface area contributed by atoms with Crippen LogP contribution in [-0.2, 0) is 9.59 Å². The first-order valence-corrected chi connectivity index (χ1v) is 15.1. The number of likely N-dealkylation sites (tertiary alicyclic amines) is 1. The minimum absolute atomic E-state index is 0.0895. The first-order chi connectivity index (χ1) is 19.8. The van der Waals surface area contributed by atoms with Gasteiger partial charge in [0.25, 0.3) is 0 Å². The highest BCUT2D eigenvalue weighted by Crippen LogP contribution is 2.49. The molecule has 1 amide bonds.